The molecule has 2 aliphatic heterocycles. The predicted molar refractivity (Wildman–Crippen MR) is 179 cm³/mol. The van der Waals surface area contributed by atoms with Crippen LogP contribution in [0.15, 0.2) is 59.8 Å². The fraction of sp³-hybridized carbons (Fsp3) is 0.472. The van der Waals surface area contributed by atoms with Crippen molar-refractivity contribution in [2.45, 2.75) is 76.8 Å². The van der Waals surface area contributed by atoms with Gasteiger partial charge < -0.3 is 20.1 Å². The Kier molecular flexibility index (Phi) is 8.27. The summed E-state index contributed by atoms with van der Waals surface area (Å²) < 4.78 is 32.9. The fourth-order valence-corrected chi connectivity index (χ4v) is 7.24. The predicted octanol–water partition coefficient (Wildman–Crippen LogP) is 5.43. The first-order chi connectivity index (χ1) is 22.2. The highest BCUT2D eigenvalue weighted by Gasteiger charge is 2.38. The molecule has 3 aliphatic rings. The molecule has 1 unspecified atom stereocenters. The van der Waals surface area contributed by atoms with Gasteiger partial charge in [-0.2, -0.15) is 0 Å². The summed E-state index contributed by atoms with van der Waals surface area (Å²) in [6, 6.07) is 11.9. The molecule has 8 nitrogen and oxygen atoms in total. The number of rotatable bonds is 9. The van der Waals surface area contributed by atoms with Crippen molar-refractivity contribution >= 4 is 22.3 Å². The summed E-state index contributed by atoms with van der Waals surface area (Å²) in [4.78, 5) is 29.6. The van der Waals surface area contributed by atoms with Gasteiger partial charge in [0.25, 0.3) is 0 Å². The Balaban J connectivity index is 1.24. The summed E-state index contributed by atoms with van der Waals surface area (Å²) in [6.45, 7) is 7.24. The Bertz CT molecular complexity index is 1790. The number of fused-ring (bicyclic) bond motifs is 1. The van der Waals surface area contributed by atoms with Gasteiger partial charge in [-0.3, -0.25) is 19.7 Å². The van der Waals surface area contributed by atoms with E-state index in [0.29, 0.717) is 41.8 Å². The maximum atomic E-state index is 15.7. The molecule has 2 saturated heterocycles. The highest BCUT2D eigenvalue weighted by Crippen LogP contribution is 2.39. The molecule has 4 aromatic rings. The third kappa shape index (κ3) is 6.25. The molecule has 46 heavy (non-hydrogen) atoms. The van der Waals surface area contributed by atoms with Crippen molar-refractivity contribution < 1.29 is 8.78 Å². The fourth-order valence-electron chi connectivity index (χ4n) is 7.24. The van der Waals surface area contributed by atoms with Crippen LogP contribution in [0.5, 0.6) is 0 Å². The largest absolute Gasteiger partial charge is 0.369 e. The molecule has 1 aromatic carbocycles. The molecule has 2 N–H and O–H groups in total. The first-order valence-corrected chi connectivity index (χ1v) is 16.5. The summed E-state index contributed by atoms with van der Waals surface area (Å²) in [7, 11) is 0. The molecule has 2 atom stereocenters. The number of halogens is 2. The molecule has 1 aliphatic carbocycles. The highest BCUT2D eigenvalue weighted by atomic mass is 19.1. The van der Waals surface area contributed by atoms with Crippen LogP contribution in [-0.4, -0.2) is 63.9 Å². The summed E-state index contributed by atoms with van der Waals surface area (Å²) >= 11 is 0. The molecule has 0 radical (unpaired) electrons. The van der Waals surface area contributed by atoms with E-state index >= 15 is 4.39 Å². The van der Waals surface area contributed by atoms with Gasteiger partial charge in [0.05, 0.1) is 29.6 Å². The zero-order chi connectivity index (χ0) is 32.0. The number of anilines is 2. The number of alkyl halides is 1. The zero-order valence-corrected chi connectivity index (χ0v) is 26.8. The molecule has 0 amide bonds. The topological polar surface area (TPSA) is 83.5 Å². The third-order valence-electron chi connectivity index (χ3n) is 10.0. The lowest BCUT2D eigenvalue weighted by Crippen LogP contribution is -2.48. The molecule has 1 saturated carbocycles. The third-order valence-corrected chi connectivity index (χ3v) is 10.0. The summed E-state index contributed by atoms with van der Waals surface area (Å²) in [5.41, 5.74) is 9.93. The van der Waals surface area contributed by atoms with Gasteiger partial charge >= 0.3 is 0 Å². The van der Waals surface area contributed by atoms with Crippen LogP contribution in [0.25, 0.3) is 10.9 Å². The molecule has 3 fully saturated rings. The average Bonchev–Trinajstić information content (AvgIpc) is 3.83. The quantitative estimate of drug-likeness (QED) is 0.265. The first-order valence-electron chi connectivity index (χ1n) is 16.5. The van der Waals surface area contributed by atoms with Crippen LogP contribution in [-0.2, 0) is 13.1 Å². The van der Waals surface area contributed by atoms with E-state index in [0.717, 1.165) is 61.4 Å². The van der Waals surface area contributed by atoms with Crippen molar-refractivity contribution in [1.29, 1.82) is 0 Å². The van der Waals surface area contributed by atoms with Gasteiger partial charge in [-0.1, -0.05) is 0 Å². The lowest BCUT2D eigenvalue weighted by Gasteiger charge is -2.40. The van der Waals surface area contributed by atoms with Gasteiger partial charge in [-0.15, -0.1) is 0 Å². The molecule has 3 aromatic heterocycles. The number of hydrogen-bond donors (Lipinski definition) is 1. The van der Waals surface area contributed by atoms with Gasteiger partial charge in [0, 0.05) is 92.5 Å². The Hall–Kier alpha value is -3.89. The molecule has 0 bridgehead atoms. The van der Waals surface area contributed by atoms with Gasteiger partial charge in [0.1, 0.15) is 11.5 Å². The second kappa shape index (κ2) is 12.4. The molecule has 5 heterocycles. The van der Waals surface area contributed by atoms with Gasteiger partial charge in [-0.05, 0) is 81.5 Å². The van der Waals surface area contributed by atoms with Crippen molar-refractivity contribution in [3.63, 3.8) is 0 Å². The SMILES string of the molecule is Cc1ccc(N2CCC[C@H](N(Cc3ccnc(C)c3)Cc3cn(C4CC4)c4cc(N5CCC(F)(CN)C5)c(F)cc4c3=O)C2)cn1. The van der Waals surface area contributed by atoms with E-state index in [1.54, 1.807) is 11.0 Å². The normalized spacial score (nSPS) is 21.9. The molecule has 0 spiro atoms. The molecular weight excluding hydrogens is 584 g/mol. The Morgan fingerprint density at radius 3 is 2.59 bits per heavy atom. The number of nitrogens with two attached hydrogens (primary N) is 1. The van der Waals surface area contributed by atoms with E-state index in [1.807, 2.05) is 44.6 Å². The maximum absolute atomic E-state index is 15.7. The number of aromatic nitrogens is 3. The minimum atomic E-state index is -1.52. The van der Waals surface area contributed by atoms with Crippen LogP contribution in [0.4, 0.5) is 20.2 Å². The Labute approximate surface area is 268 Å². The van der Waals surface area contributed by atoms with E-state index in [2.05, 4.69) is 36.5 Å². The van der Waals surface area contributed by atoms with Gasteiger partial charge in [0.2, 0.25) is 0 Å². The number of hydrogen-bond acceptors (Lipinski definition) is 7. The monoisotopic (exact) mass is 627 g/mol. The number of benzene rings is 1. The molecule has 10 heteroatoms. The number of aryl methyl sites for hydroxylation is 2. The van der Waals surface area contributed by atoms with E-state index in [9.17, 15) is 9.18 Å². The summed E-state index contributed by atoms with van der Waals surface area (Å²) in [5.74, 6) is -0.496. The van der Waals surface area contributed by atoms with Crippen LogP contribution in [0, 0.1) is 19.7 Å². The van der Waals surface area contributed by atoms with Crippen molar-refractivity contribution in [3.05, 3.63) is 93.5 Å². The van der Waals surface area contributed by atoms with Crippen molar-refractivity contribution in [1.82, 2.24) is 19.4 Å². The van der Waals surface area contributed by atoms with Crippen LogP contribution in [0.2, 0.25) is 0 Å². The Morgan fingerprint density at radius 2 is 1.87 bits per heavy atom. The summed E-state index contributed by atoms with van der Waals surface area (Å²) in [6.07, 6.45) is 10.1. The van der Waals surface area contributed by atoms with E-state index in [-0.39, 0.29) is 37.0 Å². The van der Waals surface area contributed by atoms with Crippen LogP contribution >= 0.6 is 0 Å². The standard InChI is InChI=1S/C36H43F2N7O/c1-24-5-6-29(17-41-24)42-12-3-4-30(21-42)44(18-26-9-11-40-25(2)14-26)19-27-20-45(28-7-8-28)33-16-34(32(37)15-31(33)35(27)46)43-13-10-36(38,22-39)23-43/h5-6,9,11,14-17,20,28,30H,3-4,7-8,10,12-13,18-19,21-23,39H2,1-2H3/t30-,36?/m0/s1. The van der Waals surface area contributed by atoms with Crippen molar-refractivity contribution in [2.24, 2.45) is 5.73 Å². The second-order valence-electron chi connectivity index (χ2n) is 13.6. The van der Waals surface area contributed by atoms with Gasteiger partial charge in [-0.25, -0.2) is 8.78 Å². The second-order valence-corrected chi connectivity index (χ2v) is 13.6. The van der Waals surface area contributed by atoms with Crippen LogP contribution in [0.1, 0.15) is 60.7 Å². The minimum absolute atomic E-state index is 0.0537. The number of piperidine rings is 1. The van der Waals surface area contributed by atoms with Crippen molar-refractivity contribution in [2.75, 3.05) is 42.5 Å². The highest BCUT2D eigenvalue weighted by molar-refractivity contribution is 5.84. The van der Waals surface area contributed by atoms with Crippen molar-refractivity contribution in [3.8, 4) is 0 Å². The lowest BCUT2D eigenvalue weighted by molar-refractivity contribution is 0.158. The molecule has 7 rings (SSSR count). The van der Waals surface area contributed by atoms with Crippen LogP contribution < -0.4 is 21.0 Å². The number of pyridine rings is 3. The Morgan fingerprint density at radius 1 is 1.02 bits per heavy atom. The van der Waals surface area contributed by atoms with E-state index in [4.69, 9.17) is 5.73 Å². The van der Waals surface area contributed by atoms with E-state index < -0.39 is 11.5 Å². The van der Waals surface area contributed by atoms with Gasteiger partial charge in [0.15, 0.2) is 5.43 Å². The number of nitrogens with zero attached hydrogens (tertiary/aromatic N) is 6. The maximum Gasteiger partial charge on any atom is 0.193 e. The lowest BCUT2D eigenvalue weighted by atomic mass is 10.0. The minimum Gasteiger partial charge on any atom is -0.369 e. The first kappa shape index (κ1) is 30.7. The zero-order valence-electron chi connectivity index (χ0n) is 26.8. The molecular formula is C36H43F2N7O. The van der Waals surface area contributed by atoms with E-state index in [1.165, 1.54) is 6.07 Å². The summed E-state index contributed by atoms with van der Waals surface area (Å²) in [5, 5.41) is 0.380. The molecule has 242 valence electrons. The smallest absolute Gasteiger partial charge is 0.193 e. The average molecular weight is 628 g/mol. The van der Waals surface area contributed by atoms with Crippen LogP contribution in [0.3, 0.4) is 0 Å².